The van der Waals surface area contributed by atoms with Crippen LogP contribution in [-0.4, -0.2) is 18.4 Å². The van der Waals surface area contributed by atoms with Crippen LogP contribution in [0.25, 0.3) is 0 Å². The van der Waals surface area contributed by atoms with E-state index in [2.05, 4.69) is 10.6 Å². The molecular formula is C14H19N3O2. The number of hydrogen-bond acceptors (Lipinski definition) is 3. The van der Waals surface area contributed by atoms with Crippen LogP contribution in [0.5, 0.6) is 0 Å². The molecule has 0 aliphatic carbocycles. The van der Waals surface area contributed by atoms with Gasteiger partial charge >= 0.3 is 0 Å². The molecule has 1 heterocycles. The Bertz CT molecular complexity index is 486. The van der Waals surface area contributed by atoms with Crippen molar-refractivity contribution in [1.29, 1.82) is 0 Å². The van der Waals surface area contributed by atoms with Gasteiger partial charge in [0, 0.05) is 24.2 Å². The highest BCUT2D eigenvalue weighted by Gasteiger charge is 2.13. The Hall–Kier alpha value is -1.88. The average Bonchev–Trinajstić information content (AvgIpc) is 2.57. The minimum atomic E-state index is -0.0249. The molecule has 19 heavy (non-hydrogen) atoms. The summed E-state index contributed by atoms with van der Waals surface area (Å²) < 4.78 is 0. The van der Waals surface area contributed by atoms with Gasteiger partial charge in [-0.15, -0.1) is 0 Å². The summed E-state index contributed by atoms with van der Waals surface area (Å²) in [5.41, 5.74) is 8.07. The van der Waals surface area contributed by atoms with E-state index in [9.17, 15) is 9.59 Å². The molecule has 0 bridgehead atoms. The van der Waals surface area contributed by atoms with E-state index in [1.165, 1.54) is 0 Å². The largest absolute Gasteiger partial charge is 0.330 e. The van der Waals surface area contributed by atoms with Crippen LogP contribution < -0.4 is 16.4 Å². The lowest BCUT2D eigenvalue weighted by Crippen LogP contribution is -2.14. The van der Waals surface area contributed by atoms with E-state index in [0.717, 1.165) is 29.8 Å². The first-order valence-corrected chi connectivity index (χ1v) is 6.62. The summed E-state index contributed by atoms with van der Waals surface area (Å²) >= 11 is 0. The SMILES string of the molecule is NCCCC(=O)Nc1ccc2c(c1)CCCC(=O)N2. The van der Waals surface area contributed by atoms with Gasteiger partial charge in [-0.1, -0.05) is 0 Å². The lowest BCUT2D eigenvalue weighted by molar-refractivity contribution is -0.117. The number of carbonyl (C=O) groups excluding carboxylic acids is 2. The lowest BCUT2D eigenvalue weighted by atomic mass is 10.1. The predicted molar refractivity (Wildman–Crippen MR) is 74.9 cm³/mol. The molecule has 5 nitrogen and oxygen atoms in total. The highest BCUT2D eigenvalue weighted by molar-refractivity contribution is 5.94. The Balaban J connectivity index is 2.06. The van der Waals surface area contributed by atoms with Crippen LogP contribution in [0.4, 0.5) is 11.4 Å². The van der Waals surface area contributed by atoms with E-state index in [1.807, 2.05) is 18.2 Å². The van der Waals surface area contributed by atoms with Gasteiger partial charge in [0.2, 0.25) is 11.8 Å². The molecule has 1 aliphatic rings. The lowest BCUT2D eigenvalue weighted by Gasteiger charge is -2.10. The zero-order chi connectivity index (χ0) is 13.7. The molecule has 0 radical (unpaired) electrons. The van der Waals surface area contributed by atoms with Crippen LogP contribution in [0.1, 0.15) is 31.2 Å². The van der Waals surface area contributed by atoms with Crippen molar-refractivity contribution >= 4 is 23.2 Å². The number of fused-ring (bicyclic) bond motifs is 1. The molecule has 102 valence electrons. The van der Waals surface area contributed by atoms with Gasteiger partial charge in [0.15, 0.2) is 0 Å². The Labute approximate surface area is 112 Å². The van der Waals surface area contributed by atoms with Gasteiger partial charge in [0.05, 0.1) is 0 Å². The highest BCUT2D eigenvalue weighted by Crippen LogP contribution is 2.25. The molecule has 0 saturated heterocycles. The molecule has 0 unspecified atom stereocenters. The van der Waals surface area contributed by atoms with Crippen molar-refractivity contribution in [3.05, 3.63) is 23.8 Å². The molecule has 4 N–H and O–H groups in total. The molecule has 1 aromatic rings. The van der Waals surface area contributed by atoms with Crippen LogP contribution in [-0.2, 0) is 16.0 Å². The zero-order valence-electron chi connectivity index (χ0n) is 10.9. The second-order valence-electron chi connectivity index (χ2n) is 4.71. The van der Waals surface area contributed by atoms with Crippen molar-refractivity contribution in [2.75, 3.05) is 17.2 Å². The third-order valence-electron chi connectivity index (χ3n) is 3.12. The van der Waals surface area contributed by atoms with Gasteiger partial charge in [0.1, 0.15) is 0 Å². The number of carbonyl (C=O) groups is 2. The monoisotopic (exact) mass is 261 g/mol. The van der Waals surface area contributed by atoms with Crippen molar-refractivity contribution in [1.82, 2.24) is 0 Å². The molecular weight excluding hydrogens is 242 g/mol. The Morgan fingerprint density at radius 3 is 3.00 bits per heavy atom. The molecule has 0 spiro atoms. The van der Waals surface area contributed by atoms with Crippen molar-refractivity contribution in [2.24, 2.45) is 5.73 Å². The first-order chi connectivity index (χ1) is 9.19. The molecule has 2 amide bonds. The summed E-state index contributed by atoms with van der Waals surface area (Å²) in [7, 11) is 0. The molecule has 0 aromatic heterocycles. The van der Waals surface area contributed by atoms with Gasteiger partial charge in [-0.2, -0.15) is 0 Å². The maximum absolute atomic E-state index is 11.6. The maximum Gasteiger partial charge on any atom is 0.224 e. The molecule has 2 rings (SSSR count). The van der Waals surface area contributed by atoms with Crippen molar-refractivity contribution in [2.45, 2.75) is 32.1 Å². The smallest absolute Gasteiger partial charge is 0.224 e. The highest BCUT2D eigenvalue weighted by atomic mass is 16.2. The first kappa shape index (κ1) is 13.5. The van der Waals surface area contributed by atoms with Crippen LogP contribution >= 0.6 is 0 Å². The molecule has 0 atom stereocenters. The second-order valence-corrected chi connectivity index (χ2v) is 4.71. The summed E-state index contributed by atoms with van der Waals surface area (Å²) in [6.45, 7) is 0.517. The van der Waals surface area contributed by atoms with Crippen LogP contribution in [0.3, 0.4) is 0 Å². The Kier molecular flexibility index (Phi) is 4.52. The van der Waals surface area contributed by atoms with E-state index >= 15 is 0 Å². The Morgan fingerprint density at radius 1 is 1.37 bits per heavy atom. The van der Waals surface area contributed by atoms with E-state index in [-0.39, 0.29) is 11.8 Å². The number of amides is 2. The number of aryl methyl sites for hydroxylation is 1. The standard InChI is InChI=1S/C14H19N3O2/c15-8-2-5-13(18)16-11-6-7-12-10(9-11)3-1-4-14(19)17-12/h6-7,9H,1-5,8,15H2,(H,16,18)(H,17,19). The number of nitrogens with one attached hydrogen (secondary N) is 2. The van der Waals surface area contributed by atoms with Crippen molar-refractivity contribution in [3.63, 3.8) is 0 Å². The fraction of sp³-hybridized carbons (Fsp3) is 0.429. The number of rotatable bonds is 4. The summed E-state index contributed by atoms with van der Waals surface area (Å²) in [4.78, 5) is 23.1. The van der Waals surface area contributed by atoms with Crippen LogP contribution in [0.2, 0.25) is 0 Å². The normalized spacial score (nSPS) is 14.3. The number of nitrogens with two attached hydrogens (primary N) is 1. The minimum Gasteiger partial charge on any atom is -0.330 e. The van der Waals surface area contributed by atoms with Crippen LogP contribution in [0.15, 0.2) is 18.2 Å². The van der Waals surface area contributed by atoms with E-state index in [1.54, 1.807) is 0 Å². The van der Waals surface area contributed by atoms with Gasteiger partial charge in [0.25, 0.3) is 0 Å². The molecule has 1 aromatic carbocycles. The molecule has 0 fully saturated rings. The van der Waals surface area contributed by atoms with Crippen molar-refractivity contribution < 1.29 is 9.59 Å². The first-order valence-electron chi connectivity index (χ1n) is 6.62. The topological polar surface area (TPSA) is 84.2 Å². The van der Waals surface area contributed by atoms with Gasteiger partial charge in [-0.25, -0.2) is 0 Å². The fourth-order valence-electron chi connectivity index (χ4n) is 2.14. The second kappa shape index (κ2) is 6.33. The number of anilines is 2. The van der Waals surface area contributed by atoms with E-state index in [0.29, 0.717) is 25.8 Å². The molecule has 5 heteroatoms. The summed E-state index contributed by atoms with van der Waals surface area (Å²) in [6, 6.07) is 5.59. The van der Waals surface area contributed by atoms with Crippen molar-refractivity contribution in [3.8, 4) is 0 Å². The minimum absolute atomic E-state index is 0.0249. The number of hydrogen-bond donors (Lipinski definition) is 3. The third-order valence-corrected chi connectivity index (χ3v) is 3.12. The summed E-state index contributed by atoms with van der Waals surface area (Å²) in [5.74, 6) is 0.0292. The van der Waals surface area contributed by atoms with E-state index in [4.69, 9.17) is 5.73 Å². The fourth-order valence-corrected chi connectivity index (χ4v) is 2.14. The third kappa shape index (κ3) is 3.79. The Morgan fingerprint density at radius 2 is 2.21 bits per heavy atom. The van der Waals surface area contributed by atoms with Gasteiger partial charge in [-0.3, -0.25) is 9.59 Å². The zero-order valence-corrected chi connectivity index (χ0v) is 10.9. The maximum atomic E-state index is 11.6. The summed E-state index contributed by atoms with van der Waals surface area (Å²) in [6.07, 6.45) is 3.36. The average molecular weight is 261 g/mol. The van der Waals surface area contributed by atoms with Gasteiger partial charge < -0.3 is 16.4 Å². The van der Waals surface area contributed by atoms with Gasteiger partial charge in [-0.05, 0) is 49.6 Å². The van der Waals surface area contributed by atoms with Crippen LogP contribution in [0, 0.1) is 0 Å². The predicted octanol–water partition coefficient (Wildman–Crippen LogP) is 1.64. The quantitative estimate of drug-likeness (QED) is 0.770. The number of benzene rings is 1. The van der Waals surface area contributed by atoms with E-state index < -0.39 is 0 Å². The molecule has 0 saturated carbocycles. The summed E-state index contributed by atoms with van der Waals surface area (Å²) in [5, 5.41) is 5.72. The molecule has 1 aliphatic heterocycles.